The maximum atomic E-state index is 12.8. The molecule has 1 aromatic carbocycles. The van der Waals surface area contributed by atoms with Gasteiger partial charge in [0, 0.05) is 35.8 Å². The van der Waals surface area contributed by atoms with Gasteiger partial charge < -0.3 is 16.0 Å². The van der Waals surface area contributed by atoms with Gasteiger partial charge in [0.05, 0.1) is 11.7 Å². The van der Waals surface area contributed by atoms with E-state index in [2.05, 4.69) is 41.4 Å². The smallest absolute Gasteiger partial charge is 0.257 e. The molecule has 1 fully saturated rings. The van der Waals surface area contributed by atoms with E-state index in [9.17, 15) is 4.79 Å². The SMILES string of the molecule is Cn1cc(-c2ccc3nnc(NC(=O)c4ccnc(NC5CCNCC5)c4)cc3c2)nn1. The van der Waals surface area contributed by atoms with Crippen molar-refractivity contribution in [2.24, 2.45) is 7.05 Å². The van der Waals surface area contributed by atoms with Gasteiger partial charge in [-0.15, -0.1) is 15.3 Å². The summed E-state index contributed by atoms with van der Waals surface area (Å²) in [5.41, 5.74) is 2.92. The van der Waals surface area contributed by atoms with Crippen LogP contribution in [0.1, 0.15) is 23.2 Å². The van der Waals surface area contributed by atoms with E-state index < -0.39 is 0 Å². The van der Waals surface area contributed by atoms with Crippen molar-refractivity contribution in [2.75, 3.05) is 23.7 Å². The third-order valence-corrected chi connectivity index (χ3v) is 5.44. The van der Waals surface area contributed by atoms with Gasteiger partial charge in [0.1, 0.15) is 11.5 Å². The molecule has 1 saturated heterocycles. The first-order chi connectivity index (χ1) is 15.6. The second-order valence-electron chi connectivity index (χ2n) is 7.83. The fourth-order valence-electron chi connectivity index (χ4n) is 3.76. The summed E-state index contributed by atoms with van der Waals surface area (Å²) >= 11 is 0. The summed E-state index contributed by atoms with van der Waals surface area (Å²) in [6.45, 7) is 1.97. The van der Waals surface area contributed by atoms with E-state index in [4.69, 9.17) is 0 Å². The number of amides is 1. The Bertz CT molecular complexity index is 1260. The number of aryl methyl sites for hydroxylation is 1. The van der Waals surface area contributed by atoms with Gasteiger partial charge in [-0.1, -0.05) is 11.3 Å². The van der Waals surface area contributed by atoms with Crippen LogP contribution >= 0.6 is 0 Å². The molecule has 0 aliphatic carbocycles. The Morgan fingerprint density at radius 1 is 1.06 bits per heavy atom. The molecule has 5 rings (SSSR count). The average molecular weight is 429 g/mol. The largest absolute Gasteiger partial charge is 0.367 e. The second-order valence-corrected chi connectivity index (χ2v) is 7.83. The Morgan fingerprint density at radius 3 is 2.75 bits per heavy atom. The van der Waals surface area contributed by atoms with Crippen LogP contribution in [0.5, 0.6) is 0 Å². The Hall–Kier alpha value is -3.92. The van der Waals surface area contributed by atoms with Crippen LogP contribution in [0.4, 0.5) is 11.6 Å². The first kappa shape index (κ1) is 20.0. The number of aromatic nitrogens is 6. The first-order valence-corrected chi connectivity index (χ1v) is 10.5. The van der Waals surface area contributed by atoms with Crippen molar-refractivity contribution in [3.63, 3.8) is 0 Å². The lowest BCUT2D eigenvalue weighted by Gasteiger charge is -2.24. The number of hydrogen-bond donors (Lipinski definition) is 3. The highest BCUT2D eigenvalue weighted by Gasteiger charge is 2.15. The number of hydrogen-bond acceptors (Lipinski definition) is 8. The van der Waals surface area contributed by atoms with Crippen LogP contribution < -0.4 is 16.0 Å². The monoisotopic (exact) mass is 429 g/mol. The maximum Gasteiger partial charge on any atom is 0.257 e. The molecule has 3 N–H and O–H groups in total. The van der Waals surface area contributed by atoms with Crippen LogP contribution in [0.2, 0.25) is 0 Å². The number of nitrogens with one attached hydrogen (secondary N) is 3. The molecule has 0 atom stereocenters. The quantitative estimate of drug-likeness (QED) is 0.441. The maximum absolute atomic E-state index is 12.8. The van der Waals surface area contributed by atoms with Gasteiger partial charge in [0.2, 0.25) is 0 Å². The predicted octanol–water partition coefficient (Wildman–Crippen LogP) is 2.24. The molecule has 32 heavy (non-hydrogen) atoms. The Morgan fingerprint density at radius 2 is 1.94 bits per heavy atom. The summed E-state index contributed by atoms with van der Waals surface area (Å²) in [5, 5.41) is 26.9. The number of anilines is 2. The van der Waals surface area contributed by atoms with Gasteiger partial charge in [0.25, 0.3) is 5.91 Å². The highest BCUT2D eigenvalue weighted by Crippen LogP contribution is 2.23. The summed E-state index contributed by atoms with van der Waals surface area (Å²) < 4.78 is 1.65. The fraction of sp³-hybridized carbons (Fsp3) is 0.273. The van der Waals surface area contributed by atoms with E-state index in [0.717, 1.165) is 48.1 Å². The molecular weight excluding hydrogens is 406 g/mol. The molecule has 4 heterocycles. The molecule has 0 radical (unpaired) electrons. The van der Waals surface area contributed by atoms with E-state index in [-0.39, 0.29) is 5.91 Å². The Labute approximate surface area is 184 Å². The number of nitrogens with zero attached hydrogens (tertiary/aromatic N) is 6. The number of rotatable bonds is 5. The molecule has 4 aromatic rings. The lowest BCUT2D eigenvalue weighted by molar-refractivity contribution is 0.102. The third-order valence-electron chi connectivity index (χ3n) is 5.44. The number of pyridine rings is 1. The Kier molecular flexibility index (Phi) is 5.42. The highest BCUT2D eigenvalue weighted by molar-refractivity contribution is 6.04. The summed E-state index contributed by atoms with van der Waals surface area (Å²) in [4.78, 5) is 17.2. The summed E-state index contributed by atoms with van der Waals surface area (Å²) in [6, 6.07) is 11.4. The molecular formula is C22H23N9O. The Balaban J connectivity index is 1.33. The number of benzene rings is 1. The van der Waals surface area contributed by atoms with Gasteiger partial charge in [-0.05, 0) is 56.3 Å². The molecule has 3 aromatic heterocycles. The predicted molar refractivity (Wildman–Crippen MR) is 121 cm³/mol. The zero-order valence-electron chi connectivity index (χ0n) is 17.6. The molecule has 1 aliphatic heterocycles. The van der Waals surface area contributed by atoms with Crippen molar-refractivity contribution in [3.05, 3.63) is 54.4 Å². The molecule has 10 nitrogen and oxygen atoms in total. The van der Waals surface area contributed by atoms with E-state index in [1.165, 1.54) is 0 Å². The standard InChI is InChI=1S/C22H23N9O/c1-31-13-19(28-30-31)14-2-3-18-16(10-14)12-21(29-27-18)26-22(32)15-4-9-24-20(11-15)25-17-5-7-23-8-6-17/h2-4,9-13,17,23H,5-8H2,1H3,(H,24,25)(H,26,29,32). The van der Waals surface area contributed by atoms with E-state index in [0.29, 0.717) is 23.2 Å². The second kappa shape index (κ2) is 8.67. The van der Waals surface area contributed by atoms with Crippen molar-refractivity contribution in [1.29, 1.82) is 0 Å². The molecule has 0 bridgehead atoms. The van der Waals surface area contributed by atoms with Crippen molar-refractivity contribution in [2.45, 2.75) is 18.9 Å². The zero-order valence-corrected chi connectivity index (χ0v) is 17.6. The summed E-state index contributed by atoms with van der Waals surface area (Å²) in [5.74, 6) is 0.811. The van der Waals surface area contributed by atoms with E-state index >= 15 is 0 Å². The summed E-state index contributed by atoms with van der Waals surface area (Å²) in [7, 11) is 1.82. The number of carbonyl (C=O) groups is 1. The minimum Gasteiger partial charge on any atom is -0.367 e. The van der Waals surface area contributed by atoms with Crippen LogP contribution in [0.25, 0.3) is 22.2 Å². The molecule has 0 spiro atoms. The van der Waals surface area contributed by atoms with Crippen LogP contribution in [0.15, 0.2) is 48.8 Å². The first-order valence-electron chi connectivity index (χ1n) is 10.5. The molecule has 1 amide bonds. The third kappa shape index (κ3) is 4.40. The van der Waals surface area contributed by atoms with Crippen molar-refractivity contribution in [3.8, 4) is 11.3 Å². The van der Waals surface area contributed by atoms with Crippen LogP contribution in [-0.4, -0.2) is 55.2 Å². The average Bonchev–Trinajstić information content (AvgIpc) is 3.26. The highest BCUT2D eigenvalue weighted by atomic mass is 16.1. The number of piperidine rings is 1. The van der Waals surface area contributed by atoms with E-state index in [1.807, 2.05) is 31.4 Å². The minimum absolute atomic E-state index is 0.264. The van der Waals surface area contributed by atoms with Crippen molar-refractivity contribution < 1.29 is 4.79 Å². The molecule has 0 saturated carbocycles. The molecule has 1 aliphatic rings. The van der Waals surface area contributed by atoms with Gasteiger partial charge in [-0.3, -0.25) is 9.48 Å². The number of carbonyl (C=O) groups excluding carboxylic acids is 1. The van der Waals surface area contributed by atoms with Crippen LogP contribution in [-0.2, 0) is 7.05 Å². The van der Waals surface area contributed by atoms with Gasteiger partial charge in [0.15, 0.2) is 5.82 Å². The lowest BCUT2D eigenvalue weighted by atomic mass is 10.1. The van der Waals surface area contributed by atoms with E-state index in [1.54, 1.807) is 29.1 Å². The molecule has 0 unspecified atom stereocenters. The number of fused-ring (bicyclic) bond motifs is 1. The summed E-state index contributed by atoms with van der Waals surface area (Å²) in [6.07, 6.45) is 5.54. The van der Waals surface area contributed by atoms with Gasteiger partial charge in [-0.25, -0.2) is 4.98 Å². The van der Waals surface area contributed by atoms with Crippen LogP contribution in [0.3, 0.4) is 0 Å². The molecule has 10 heteroatoms. The lowest BCUT2D eigenvalue weighted by Crippen LogP contribution is -2.35. The van der Waals surface area contributed by atoms with Gasteiger partial charge >= 0.3 is 0 Å². The molecule has 162 valence electrons. The topological polar surface area (TPSA) is 123 Å². The van der Waals surface area contributed by atoms with Crippen molar-refractivity contribution in [1.82, 2.24) is 35.5 Å². The van der Waals surface area contributed by atoms with Crippen molar-refractivity contribution >= 4 is 28.4 Å². The zero-order chi connectivity index (χ0) is 21.9. The normalized spacial score (nSPS) is 14.4. The van der Waals surface area contributed by atoms with Crippen LogP contribution in [0, 0.1) is 0 Å². The van der Waals surface area contributed by atoms with Gasteiger partial charge in [-0.2, -0.15) is 0 Å². The fourth-order valence-corrected chi connectivity index (χ4v) is 3.76. The minimum atomic E-state index is -0.264.